The normalized spacial score (nSPS) is 15.6. The van der Waals surface area contributed by atoms with E-state index >= 15 is 0 Å². The molecule has 0 radical (unpaired) electrons. The molecule has 0 unspecified atom stereocenters. The predicted molar refractivity (Wildman–Crippen MR) is 102 cm³/mol. The molecule has 0 atom stereocenters. The Morgan fingerprint density at radius 1 is 1.20 bits per heavy atom. The van der Waals surface area contributed by atoms with Crippen LogP contribution in [0.25, 0.3) is 0 Å². The van der Waals surface area contributed by atoms with Crippen LogP contribution in [0.15, 0.2) is 23.2 Å². The molecule has 0 aromatic heterocycles. The van der Waals surface area contributed by atoms with Crippen molar-refractivity contribution in [2.75, 3.05) is 45.8 Å². The molecule has 6 nitrogen and oxygen atoms in total. The number of anilines is 1. The van der Waals surface area contributed by atoms with Crippen LogP contribution in [-0.2, 0) is 4.74 Å². The van der Waals surface area contributed by atoms with E-state index in [1.807, 2.05) is 25.1 Å². The van der Waals surface area contributed by atoms with E-state index in [0.717, 1.165) is 49.3 Å². The Balaban J connectivity index is 2.05. The summed E-state index contributed by atoms with van der Waals surface area (Å²) in [4.78, 5) is 4.78. The maximum absolute atomic E-state index is 5.64. The first kappa shape index (κ1) is 19.4. The van der Waals surface area contributed by atoms with Crippen LogP contribution < -0.4 is 20.1 Å². The van der Waals surface area contributed by atoms with Crippen LogP contribution in [0.1, 0.15) is 33.1 Å². The molecule has 1 aromatic rings. The molecule has 0 aliphatic heterocycles. The minimum atomic E-state index is 0.328. The molecular weight excluding hydrogens is 318 g/mol. The first-order chi connectivity index (χ1) is 12.2. The van der Waals surface area contributed by atoms with Gasteiger partial charge in [0.25, 0.3) is 0 Å². The highest BCUT2D eigenvalue weighted by Crippen LogP contribution is 2.49. The second-order valence-electron chi connectivity index (χ2n) is 6.36. The lowest BCUT2D eigenvalue weighted by atomic mass is 10.0. The van der Waals surface area contributed by atoms with Crippen LogP contribution in [0, 0.1) is 5.41 Å². The van der Waals surface area contributed by atoms with E-state index < -0.39 is 0 Å². The standard InChI is InChI=1S/C19H31N3O3/c1-5-20-18(21-14-19(9-10-19)11-12-23-3)22-15-7-8-16(24-4)17(13-15)25-6-2/h7-8,13H,5-6,9-12,14H2,1-4H3,(H2,20,21,22). The van der Waals surface area contributed by atoms with E-state index in [1.54, 1.807) is 14.2 Å². The van der Waals surface area contributed by atoms with Crippen LogP contribution in [0.5, 0.6) is 11.5 Å². The molecule has 1 aliphatic rings. The average Bonchev–Trinajstić information content (AvgIpc) is 3.39. The highest BCUT2D eigenvalue weighted by Gasteiger charge is 2.41. The van der Waals surface area contributed by atoms with E-state index in [2.05, 4.69) is 17.6 Å². The van der Waals surface area contributed by atoms with E-state index in [0.29, 0.717) is 12.0 Å². The van der Waals surface area contributed by atoms with Crippen molar-refractivity contribution in [1.82, 2.24) is 5.32 Å². The minimum Gasteiger partial charge on any atom is -0.493 e. The summed E-state index contributed by atoms with van der Waals surface area (Å²) in [5, 5.41) is 6.66. The monoisotopic (exact) mass is 349 g/mol. The van der Waals surface area contributed by atoms with E-state index in [9.17, 15) is 0 Å². The third-order valence-electron chi connectivity index (χ3n) is 4.44. The summed E-state index contributed by atoms with van der Waals surface area (Å²) < 4.78 is 16.2. The van der Waals surface area contributed by atoms with E-state index in [1.165, 1.54) is 12.8 Å². The summed E-state index contributed by atoms with van der Waals surface area (Å²) in [6, 6.07) is 5.80. The number of ether oxygens (including phenoxy) is 3. The molecule has 1 aliphatic carbocycles. The Labute approximate surface area is 151 Å². The Morgan fingerprint density at radius 3 is 2.60 bits per heavy atom. The van der Waals surface area contributed by atoms with Crippen molar-refractivity contribution in [3.63, 3.8) is 0 Å². The number of nitrogens with one attached hydrogen (secondary N) is 2. The Morgan fingerprint density at radius 2 is 2.00 bits per heavy atom. The zero-order valence-corrected chi connectivity index (χ0v) is 15.9. The number of nitrogens with zero attached hydrogens (tertiary/aromatic N) is 1. The van der Waals surface area contributed by atoms with Gasteiger partial charge in [0.2, 0.25) is 0 Å². The van der Waals surface area contributed by atoms with Crippen LogP contribution in [0.3, 0.4) is 0 Å². The highest BCUT2D eigenvalue weighted by atomic mass is 16.5. The minimum absolute atomic E-state index is 0.328. The largest absolute Gasteiger partial charge is 0.493 e. The van der Waals surface area contributed by atoms with Gasteiger partial charge in [0, 0.05) is 38.6 Å². The molecule has 1 aromatic carbocycles. The zero-order valence-electron chi connectivity index (χ0n) is 15.9. The lowest BCUT2D eigenvalue weighted by molar-refractivity contribution is 0.174. The van der Waals surface area contributed by atoms with Gasteiger partial charge >= 0.3 is 0 Å². The number of benzene rings is 1. The molecule has 0 amide bonds. The molecular formula is C19H31N3O3. The molecule has 6 heteroatoms. The molecule has 0 saturated heterocycles. The van der Waals surface area contributed by atoms with Gasteiger partial charge in [-0.3, -0.25) is 4.99 Å². The van der Waals surface area contributed by atoms with Crippen molar-refractivity contribution >= 4 is 11.6 Å². The van der Waals surface area contributed by atoms with Gasteiger partial charge in [0.1, 0.15) is 0 Å². The van der Waals surface area contributed by atoms with E-state index in [4.69, 9.17) is 19.2 Å². The SMILES string of the molecule is CCNC(=NCC1(CCOC)CC1)Nc1ccc(OC)c(OCC)c1. The van der Waals surface area contributed by atoms with E-state index in [-0.39, 0.29) is 0 Å². The third kappa shape index (κ3) is 5.81. The fourth-order valence-corrected chi connectivity index (χ4v) is 2.70. The Hall–Kier alpha value is -1.95. The Bertz CT molecular complexity index is 571. The lowest BCUT2D eigenvalue weighted by Crippen LogP contribution is -2.31. The molecule has 0 spiro atoms. The van der Waals surface area contributed by atoms with Crippen molar-refractivity contribution in [2.24, 2.45) is 10.4 Å². The van der Waals surface area contributed by atoms with Gasteiger partial charge in [-0.25, -0.2) is 0 Å². The van der Waals surface area contributed by atoms with Crippen molar-refractivity contribution in [1.29, 1.82) is 0 Å². The quantitative estimate of drug-likeness (QED) is 0.501. The summed E-state index contributed by atoms with van der Waals surface area (Å²) in [5.74, 6) is 2.24. The molecule has 1 saturated carbocycles. The van der Waals surface area contributed by atoms with Crippen LogP contribution in [0.2, 0.25) is 0 Å². The molecule has 1 fully saturated rings. The van der Waals surface area contributed by atoms with Crippen LogP contribution in [-0.4, -0.2) is 46.5 Å². The third-order valence-corrected chi connectivity index (χ3v) is 4.44. The number of hydrogen-bond acceptors (Lipinski definition) is 4. The molecule has 0 heterocycles. The summed E-state index contributed by atoms with van der Waals surface area (Å²) in [7, 11) is 3.40. The molecule has 25 heavy (non-hydrogen) atoms. The van der Waals surface area contributed by atoms with Crippen molar-refractivity contribution in [3.8, 4) is 11.5 Å². The molecule has 2 rings (SSSR count). The fraction of sp³-hybridized carbons (Fsp3) is 0.632. The maximum atomic E-state index is 5.64. The first-order valence-corrected chi connectivity index (χ1v) is 9.01. The smallest absolute Gasteiger partial charge is 0.195 e. The average molecular weight is 349 g/mol. The molecule has 140 valence electrons. The van der Waals surface area contributed by atoms with Gasteiger partial charge in [-0.15, -0.1) is 0 Å². The zero-order chi connectivity index (χ0) is 18.1. The van der Waals surface area contributed by atoms with Crippen molar-refractivity contribution in [3.05, 3.63) is 18.2 Å². The highest BCUT2D eigenvalue weighted by molar-refractivity contribution is 5.94. The fourth-order valence-electron chi connectivity index (χ4n) is 2.70. The van der Waals surface area contributed by atoms with Gasteiger partial charge < -0.3 is 24.8 Å². The van der Waals surface area contributed by atoms with Gasteiger partial charge in [0.05, 0.1) is 13.7 Å². The van der Waals surface area contributed by atoms with Crippen molar-refractivity contribution in [2.45, 2.75) is 33.1 Å². The van der Waals surface area contributed by atoms with Crippen LogP contribution in [0.4, 0.5) is 5.69 Å². The topological polar surface area (TPSA) is 64.1 Å². The molecule has 2 N–H and O–H groups in total. The number of hydrogen-bond donors (Lipinski definition) is 2. The summed E-state index contributed by atoms with van der Waals surface area (Å²) >= 11 is 0. The van der Waals surface area contributed by atoms with Crippen molar-refractivity contribution < 1.29 is 14.2 Å². The number of methoxy groups -OCH3 is 2. The first-order valence-electron chi connectivity index (χ1n) is 9.01. The van der Waals surface area contributed by atoms with Gasteiger partial charge in [-0.05, 0) is 50.7 Å². The summed E-state index contributed by atoms with van der Waals surface area (Å²) in [5.41, 5.74) is 1.25. The lowest BCUT2D eigenvalue weighted by Gasteiger charge is -2.16. The number of rotatable bonds is 10. The van der Waals surface area contributed by atoms with Gasteiger partial charge in [-0.2, -0.15) is 0 Å². The summed E-state index contributed by atoms with van der Waals surface area (Å²) in [6.07, 6.45) is 3.54. The molecule has 0 bridgehead atoms. The Kier molecular flexibility index (Phi) is 7.37. The number of aliphatic imine (C=N–C) groups is 1. The van der Waals surface area contributed by atoms with Gasteiger partial charge in [0.15, 0.2) is 17.5 Å². The number of guanidine groups is 1. The second kappa shape index (κ2) is 9.51. The maximum Gasteiger partial charge on any atom is 0.195 e. The van der Waals surface area contributed by atoms with Crippen LogP contribution >= 0.6 is 0 Å². The predicted octanol–water partition coefficient (Wildman–Crippen LogP) is 3.29. The second-order valence-corrected chi connectivity index (χ2v) is 6.36. The van der Waals surface area contributed by atoms with Gasteiger partial charge in [-0.1, -0.05) is 0 Å². The summed E-state index contributed by atoms with van der Waals surface area (Å²) in [6.45, 7) is 7.05.